The number of nitrogens with zero attached hydrogens (tertiary/aromatic N) is 2. The van der Waals surface area contributed by atoms with Gasteiger partial charge in [0.15, 0.2) is 0 Å². The Balaban J connectivity index is 1.30. The normalized spacial score (nSPS) is 35.4. The molecule has 2 fully saturated rings. The highest BCUT2D eigenvalue weighted by molar-refractivity contribution is 7.92. The zero-order chi connectivity index (χ0) is 34.6. The predicted octanol–water partition coefficient (Wildman–Crippen LogP) is 5.92. The van der Waals surface area contributed by atoms with Crippen LogP contribution in [0, 0.1) is 22.7 Å². The summed E-state index contributed by atoms with van der Waals surface area (Å²) in [7, 11) is -0.181. The number of carbonyl (C=O) groups excluding carboxylic acids is 2. The third-order valence-electron chi connectivity index (χ3n) is 11.7. The van der Waals surface area contributed by atoms with Gasteiger partial charge in [0.05, 0.1) is 30.8 Å². The van der Waals surface area contributed by atoms with Crippen LogP contribution in [-0.2, 0) is 31.2 Å². The van der Waals surface area contributed by atoms with Gasteiger partial charge in [-0.3, -0.25) is 9.52 Å². The highest BCUT2D eigenvalue weighted by Gasteiger charge is 2.89. The monoisotopic (exact) mass is 710 g/mol. The molecular weight excluding hydrogens is 664 g/mol. The standard InChI is InChI=1S/C37H47ClN4O6S/c1-24-7-5-9-31(47-4)32-35(2)20-37(32,35)22-42-21-36(14-6-8-25-17-27(38)11-12-28(25)36)23-48-30-13-10-26(18-29(30)42)33(43)40-49(45,19-24)41-34(44)39-15-16-46-3/h5,9-13,17-18,24,31-32H,6-8,14-16,19-23H2,1-4H3,(H2,39,40,41,43,44,45)/b9-5+/t24-,31-,32+,35-,36-,37-,49-/m0/s1. The number of allylic oxidation sites excluding steroid dienone is 1. The van der Waals surface area contributed by atoms with Crippen LogP contribution in [0.25, 0.3) is 0 Å². The molecule has 0 saturated heterocycles. The van der Waals surface area contributed by atoms with E-state index >= 15 is 0 Å². The van der Waals surface area contributed by atoms with Crippen molar-refractivity contribution >= 4 is 39.1 Å². The smallest absolute Gasteiger partial charge is 0.327 e. The van der Waals surface area contributed by atoms with E-state index in [-0.39, 0.29) is 40.6 Å². The number of aryl methyl sites for hydroxylation is 1. The van der Waals surface area contributed by atoms with Crippen LogP contribution < -0.4 is 19.7 Å². The van der Waals surface area contributed by atoms with Crippen LogP contribution >= 0.6 is 11.6 Å². The third-order valence-corrected chi connectivity index (χ3v) is 13.9. The summed E-state index contributed by atoms with van der Waals surface area (Å²) in [4.78, 5) is 29.1. The SMILES string of the molecule is COCCNC(=O)N[S@@]1(=O)=NC(=O)c2ccc3c(c2)N(C[C@@]2(CCCc4cc(Cl)ccc42)CO3)C[C@]23C[C@@]2(C)[C@H]3[C@@H](OC)/C=C/C[C@H](C)C1. The van der Waals surface area contributed by atoms with E-state index in [9.17, 15) is 13.8 Å². The lowest BCUT2D eigenvalue weighted by Gasteiger charge is -2.41. The first-order valence-electron chi connectivity index (χ1n) is 17.3. The summed E-state index contributed by atoms with van der Waals surface area (Å²) >= 11 is 6.46. The number of hydrogen-bond donors (Lipinski definition) is 2. The van der Waals surface area contributed by atoms with Gasteiger partial charge < -0.3 is 24.4 Å². The van der Waals surface area contributed by atoms with Crippen LogP contribution in [0.2, 0.25) is 5.02 Å². The zero-order valence-electron chi connectivity index (χ0n) is 28.8. The first kappa shape index (κ1) is 34.3. The molecule has 0 aromatic heterocycles. The molecule has 2 N–H and O–H groups in total. The fourth-order valence-corrected chi connectivity index (χ4v) is 11.2. The lowest BCUT2D eigenvalue weighted by molar-refractivity contribution is 0.0895. The van der Waals surface area contributed by atoms with Gasteiger partial charge in [0.2, 0.25) is 0 Å². The van der Waals surface area contributed by atoms with Crippen molar-refractivity contribution in [1.29, 1.82) is 0 Å². The zero-order valence-corrected chi connectivity index (χ0v) is 30.3. The van der Waals surface area contributed by atoms with Crippen molar-refractivity contribution in [3.05, 3.63) is 70.3 Å². The van der Waals surface area contributed by atoms with Gasteiger partial charge in [-0.25, -0.2) is 9.00 Å². The van der Waals surface area contributed by atoms with Gasteiger partial charge in [0, 0.05) is 61.2 Å². The Morgan fingerprint density at radius 2 is 2.04 bits per heavy atom. The minimum absolute atomic E-state index is 0.00955. The molecule has 49 heavy (non-hydrogen) atoms. The summed E-state index contributed by atoms with van der Waals surface area (Å²) in [6.07, 6.45) is 8.87. The molecule has 2 saturated carbocycles. The molecule has 2 bridgehead atoms. The topological polar surface area (TPSA) is 119 Å². The molecule has 7 atom stereocenters. The van der Waals surface area contributed by atoms with E-state index in [2.05, 4.69) is 50.5 Å². The van der Waals surface area contributed by atoms with Crippen LogP contribution in [0.4, 0.5) is 10.5 Å². The predicted molar refractivity (Wildman–Crippen MR) is 191 cm³/mol. The minimum Gasteiger partial charge on any atom is -0.490 e. The first-order valence-corrected chi connectivity index (χ1v) is 19.3. The third kappa shape index (κ3) is 6.25. The second kappa shape index (κ2) is 12.9. The van der Waals surface area contributed by atoms with Crippen molar-refractivity contribution in [1.82, 2.24) is 10.0 Å². The molecule has 3 aliphatic carbocycles. The van der Waals surface area contributed by atoms with E-state index in [0.717, 1.165) is 49.5 Å². The fourth-order valence-electron chi connectivity index (χ4n) is 9.12. The maximum atomic E-state index is 14.3. The lowest BCUT2D eigenvalue weighted by Crippen LogP contribution is -2.47. The molecule has 12 heteroatoms. The van der Waals surface area contributed by atoms with Crippen molar-refractivity contribution in [3.63, 3.8) is 0 Å². The average molecular weight is 711 g/mol. The maximum Gasteiger partial charge on any atom is 0.327 e. The number of fused-ring (bicyclic) bond motifs is 4. The van der Waals surface area contributed by atoms with E-state index < -0.39 is 21.9 Å². The van der Waals surface area contributed by atoms with Crippen LogP contribution in [-0.4, -0.2) is 75.1 Å². The molecule has 3 amide bonds. The van der Waals surface area contributed by atoms with Gasteiger partial charge in [-0.1, -0.05) is 43.7 Å². The lowest BCUT2D eigenvalue weighted by atomic mass is 9.70. The van der Waals surface area contributed by atoms with Crippen LogP contribution in [0.5, 0.6) is 5.75 Å². The van der Waals surface area contributed by atoms with Crippen molar-refractivity contribution in [2.75, 3.05) is 57.7 Å². The van der Waals surface area contributed by atoms with Gasteiger partial charge in [0.1, 0.15) is 15.7 Å². The highest BCUT2D eigenvalue weighted by Crippen LogP contribution is 2.91. The number of hydrogen-bond acceptors (Lipinski definition) is 7. The Bertz CT molecular complexity index is 1810. The number of carbonyl (C=O) groups is 2. The molecule has 7 rings (SSSR count). The number of rotatable bonds is 5. The number of anilines is 1. The molecule has 264 valence electrons. The number of ether oxygens (including phenoxy) is 3. The highest BCUT2D eigenvalue weighted by atomic mass is 35.5. The number of benzene rings is 2. The van der Waals surface area contributed by atoms with E-state index in [1.54, 1.807) is 13.2 Å². The molecule has 2 aromatic carbocycles. The van der Waals surface area contributed by atoms with Crippen molar-refractivity contribution in [2.24, 2.45) is 27.0 Å². The quantitative estimate of drug-likeness (QED) is 0.292. The number of nitrogens with one attached hydrogen (secondary N) is 2. The Morgan fingerprint density at radius 3 is 2.82 bits per heavy atom. The van der Waals surface area contributed by atoms with E-state index in [0.29, 0.717) is 36.9 Å². The molecule has 0 unspecified atom stereocenters. The fraction of sp³-hybridized carbons (Fsp3) is 0.568. The molecule has 2 aromatic rings. The molecule has 5 aliphatic rings. The largest absolute Gasteiger partial charge is 0.490 e. The second-order valence-electron chi connectivity index (χ2n) is 15.0. The Hall–Kier alpha value is -3.12. The van der Waals surface area contributed by atoms with Gasteiger partial charge in [-0.15, -0.1) is 4.36 Å². The number of methoxy groups -OCH3 is 2. The Kier molecular flexibility index (Phi) is 9.03. The average Bonchev–Trinajstić information content (AvgIpc) is 3.85. The van der Waals surface area contributed by atoms with Gasteiger partial charge in [0.25, 0.3) is 5.91 Å². The summed E-state index contributed by atoms with van der Waals surface area (Å²) in [6, 6.07) is 10.9. The first-order chi connectivity index (χ1) is 23.4. The van der Waals surface area contributed by atoms with E-state index in [1.807, 2.05) is 25.1 Å². The summed E-state index contributed by atoms with van der Waals surface area (Å²) in [5.74, 6) is 0.292. The maximum absolute atomic E-state index is 14.3. The van der Waals surface area contributed by atoms with Gasteiger partial charge in [-0.2, -0.15) is 0 Å². The summed E-state index contributed by atoms with van der Waals surface area (Å²) in [5, 5.41) is 3.37. The molecule has 2 spiro atoms. The van der Waals surface area contributed by atoms with E-state index in [1.165, 1.54) is 18.2 Å². The molecule has 2 heterocycles. The second-order valence-corrected chi connectivity index (χ2v) is 17.5. The molecule has 0 radical (unpaired) electrons. The number of halogens is 1. The number of amides is 3. The minimum atomic E-state index is -3.48. The van der Waals surface area contributed by atoms with E-state index in [4.69, 9.17) is 25.8 Å². The Morgan fingerprint density at radius 1 is 1.20 bits per heavy atom. The molecule has 10 nitrogen and oxygen atoms in total. The van der Waals surface area contributed by atoms with Crippen molar-refractivity contribution in [2.45, 2.75) is 57.5 Å². The van der Waals surface area contributed by atoms with Crippen molar-refractivity contribution < 1.29 is 28.0 Å². The summed E-state index contributed by atoms with van der Waals surface area (Å²) < 4.78 is 38.8. The van der Waals surface area contributed by atoms with Crippen LogP contribution in [0.1, 0.15) is 61.0 Å². The Labute approximate surface area is 294 Å². The van der Waals surface area contributed by atoms with Crippen LogP contribution in [0.3, 0.4) is 0 Å². The van der Waals surface area contributed by atoms with Gasteiger partial charge in [-0.05, 0) is 84.9 Å². The number of urea groups is 1. The van der Waals surface area contributed by atoms with Crippen LogP contribution in [0.15, 0.2) is 52.9 Å². The summed E-state index contributed by atoms with van der Waals surface area (Å²) in [5.41, 5.74) is 3.65. The van der Waals surface area contributed by atoms with Gasteiger partial charge >= 0.3 is 6.03 Å². The molecule has 2 aliphatic heterocycles. The van der Waals surface area contributed by atoms with Crippen molar-refractivity contribution in [3.8, 4) is 5.75 Å². The summed E-state index contributed by atoms with van der Waals surface area (Å²) in [6.45, 7) is 6.86. The molecular formula is C37H47ClN4O6S.